The van der Waals surface area contributed by atoms with Crippen molar-refractivity contribution in [2.45, 2.75) is 18.9 Å². The Morgan fingerprint density at radius 3 is 2.74 bits per heavy atom. The molecule has 1 unspecified atom stereocenters. The van der Waals surface area contributed by atoms with Crippen LogP contribution in [0.15, 0.2) is 41.1 Å². The van der Waals surface area contributed by atoms with E-state index in [-0.39, 0.29) is 17.8 Å². The highest BCUT2D eigenvalue weighted by atomic mass is 32.1. The van der Waals surface area contributed by atoms with Crippen LogP contribution in [0.4, 0.5) is 4.39 Å². The summed E-state index contributed by atoms with van der Waals surface area (Å²) < 4.78 is 13.0. The zero-order valence-electron chi connectivity index (χ0n) is 10.4. The quantitative estimate of drug-likeness (QED) is 0.815. The Hall–Kier alpha value is -1.68. The van der Waals surface area contributed by atoms with Gasteiger partial charge in [-0.1, -0.05) is 12.1 Å². The number of nitrogens with zero attached hydrogens (tertiary/aromatic N) is 1. The van der Waals surface area contributed by atoms with Gasteiger partial charge in [0, 0.05) is 11.9 Å². The molecular weight excluding hydrogens is 261 g/mol. The van der Waals surface area contributed by atoms with E-state index >= 15 is 0 Å². The summed E-state index contributed by atoms with van der Waals surface area (Å²) in [5.41, 5.74) is 1.77. The molecule has 1 aliphatic rings. The molecule has 1 aliphatic heterocycles. The van der Waals surface area contributed by atoms with E-state index in [2.05, 4.69) is 0 Å². The molecule has 0 N–H and O–H groups in total. The van der Waals surface area contributed by atoms with Gasteiger partial charge in [-0.2, -0.15) is 11.3 Å². The molecule has 1 amide bonds. The summed E-state index contributed by atoms with van der Waals surface area (Å²) in [7, 11) is 0. The summed E-state index contributed by atoms with van der Waals surface area (Å²) in [5.74, 6) is -0.162. The van der Waals surface area contributed by atoms with E-state index in [1.165, 1.54) is 23.5 Å². The minimum Gasteiger partial charge on any atom is -0.332 e. The number of carbonyl (C=O) groups is 1. The molecule has 0 saturated carbocycles. The topological polar surface area (TPSA) is 20.3 Å². The third-order valence-electron chi connectivity index (χ3n) is 3.54. The third-order valence-corrected chi connectivity index (χ3v) is 4.22. The molecule has 1 atom stereocenters. The molecule has 2 heterocycles. The number of hydrogen-bond donors (Lipinski definition) is 0. The van der Waals surface area contributed by atoms with Gasteiger partial charge in [0.05, 0.1) is 11.6 Å². The van der Waals surface area contributed by atoms with Gasteiger partial charge in [-0.05, 0) is 42.0 Å². The van der Waals surface area contributed by atoms with E-state index in [9.17, 15) is 9.18 Å². The van der Waals surface area contributed by atoms with Crippen LogP contribution in [0.5, 0.6) is 0 Å². The second kappa shape index (κ2) is 5.13. The molecule has 98 valence electrons. The van der Waals surface area contributed by atoms with Gasteiger partial charge in [-0.15, -0.1) is 0 Å². The van der Waals surface area contributed by atoms with E-state index in [1.54, 1.807) is 12.1 Å². The highest BCUT2D eigenvalue weighted by Gasteiger charge is 2.30. The SMILES string of the molecule is O=C(c1ccsc1)N1CCCC1c1ccc(F)cc1. The number of hydrogen-bond acceptors (Lipinski definition) is 2. The second-order valence-electron chi connectivity index (χ2n) is 4.72. The van der Waals surface area contributed by atoms with Crippen molar-refractivity contribution >= 4 is 17.2 Å². The molecule has 1 aromatic heterocycles. The minimum absolute atomic E-state index is 0.0769. The Labute approximate surface area is 115 Å². The van der Waals surface area contributed by atoms with Crippen LogP contribution in [0.3, 0.4) is 0 Å². The number of carbonyl (C=O) groups excluding carboxylic acids is 1. The molecule has 2 nitrogen and oxygen atoms in total. The smallest absolute Gasteiger partial charge is 0.255 e. The lowest BCUT2D eigenvalue weighted by Crippen LogP contribution is -2.30. The summed E-state index contributed by atoms with van der Waals surface area (Å²) in [6.45, 7) is 0.775. The van der Waals surface area contributed by atoms with Gasteiger partial charge >= 0.3 is 0 Å². The average Bonchev–Trinajstić information content (AvgIpc) is 3.10. The van der Waals surface area contributed by atoms with Gasteiger partial charge in [0.2, 0.25) is 0 Å². The monoisotopic (exact) mass is 275 g/mol. The van der Waals surface area contributed by atoms with Gasteiger partial charge in [-0.25, -0.2) is 4.39 Å². The second-order valence-corrected chi connectivity index (χ2v) is 5.50. The molecule has 1 aromatic carbocycles. The van der Waals surface area contributed by atoms with Crippen LogP contribution in [0.25, 0.3) is 0 Å². The number of rotatable bonds is 2. The maximum Gasteiger partial charge on any atom is 0.255 e. The van der Waals surface area contributed by atoms with Gasteiger partial charge in [0.15, 0.2) is 0 Å². The largest absolute Gasteiger partial charge is 0.332 e. The van der Waals surface area contributed by atoms with Crippen LogP contribution >= 0.6 is 11.3 Å². The lowest BCUT2D eigenvalue weighted by atomic mass is 10.0. The Bertz CT molecular complexity index is 564. The molecule has 1 fully saturated rings. The fraction of sp³-hybridized carbons (Fsp3) is 0.267. The highest BCUT2D eigenvalue weighted by molar-refractivity contribution is 7.08. The Morgan fingerprint density at radius 2 is 2.05 bits per heavy atom. The van der Waals surface area contributed by atoms with E-state index in [0.29, 0.717) is 0 Å². The van der Waals surface area contributed by atoms with E-state index in [0.717, 1.165) is 30.5 Å². The van der Waals surface area contributed by atoms with Crippen LogP contribution < -0.4 is 0 Å². The van der Waals surface area contributed by atoms with Gasteiger partial charge < -0.3 is 4.90 Å². The molecule has 0 spiro atoms. The summed E-state index contributed by atoms with van der Waals surface area (Å²) in [4.78, 5) is 14.3. The van der Waals surface area contributed by atoms with Crippen molar-refractivity contribution in [2.75, 3.05) is 6.54 Å². The van der Waals surface area contributed by atoms with E-state index in [1.807, 2.05) is 21.7 Å². The maximum atomic E-state index is 13.0. The first-order chi connectivity index (χ1) is 9.25. The number of amides is 1. The number of benzene rings is 1. The molecular formula is C15H14FNOS. The molecule has 4 heteroatoms. The van der Waals surface area contributed by atoms with Gasteiger partial charge in [0.1, 0.15) is 5.82 Å². The lowest BCUT2D eigenvalue weighted by Gasteiger charge is -2.24. The first-order valence-electron chi connectivity index (χ1n) is 6.34. The van der Waals surface area contributed by atoms with Crippen molar-refractivity contribution in [3.8, 4) is 0 Å². The van der Waals surface area contributed by atoms with Crippen molar-refractivity contribution in [1.29, 1.82) is 0 Å². The normalized spacial score (nSPS) is 18.8. The van der Waals surface area contributed by atoms with E-state index in [4.69, 9.17) is 0 Å². The van der Waals surface area contributed by atoms with Crippen LogP contribution in [0.2, 0.25) is 0 Å². The number of likely N-dealkylation sites (tertiary alicyclic amines) is 1. The molecule has 0 radical (unpaired) electrons. The zero-order valence-corrected chi connectivity index (χ0v) is 11.2. The Kier molecular flexibility index (Phi) is 3.34. The van der Waals surface area contributed by atoms with E-state index < -0.39 is 0 Å². The first kappa shape index (κ1) is 12.4. The van der Waals surface area contributed by atoms with Crippen LogP contribution in [0, 0.1) is 5.82 Å². The third kappa shape index (κ3) is 2.40. The van der Waals surface area contributed by atoms with Crippen LogP contribution in [-0.4, -0.2) is 17.4 Å². The Balaban J connectivity index is 1.85. The Morgan fingerprint density at radius 1 is 1.26 bits per heavy atom. The van der Waals surface area contributed by atoms with Crippen molar-refractivity contribution in [3.05, 3.63) is 58.0 Å². The fourth-order valence-electron chi connectivity index (χ4n) is 2.59. The molecule has 0 aliphatic carbocycles. The standard InChI is InChI=1S/C15H14FNOS/c16-13-5-3-11(4-6-13)14-2-1-8-17(14)15(18)12-7-9-19-10-12/h3-7,9-10,14H,1-2,8H2. The fourth-order valence-corrected chi connectivity index (χ4v) is 3.22. The maximum absolute atomic E-state index is 13.0. The van der Waals surface area contributed by atoms with Crippen molar-refractivity contribution in [2.24, 2.45) is 0 Å². The molecule has 1 saturated heterocycles. The molecule has 3 rings (SSSR count). The predicted molar refractivity (Wildman–Crippen MR) is 73.7 cm³/mol. The van der Waals surface area contributed by atoms with Crippen LogP contribution in [0.1, 0.15) is 34.8 Å². The van der Waals surface area contributed by atoms with Crippen molar-refractivity contribution in [3.63, 3.8) is 0 Å². The van der Waals surface area contributed by atoms with Crippen LogP contribution in [-0.2, 0) is 0 Å². The molecule has 19 heavy (non-hydrogen) atoms. The van der Waals surface area contributed by atoms with Gasteiger partial charge in [0.25, 0.3) is 5.91 Å². The van der Waals surface area contributed by atoms with Crippen molar-refractivity contribution in [1.82, 2.24) is 4.90 Å². The molecule has 0 bridgehead atoms. The first-order valence-corrected chi connectivity index (χ1v) is 7.28. The highest BCUT2D eigenvalue weighted by Crippen LogP contribution is 2.33. The minimum atomic E-state index is -0.238. The predicted octanol–water partition coefficient (Wildman–Crippen LogP) is 3.86. The lowest BCUT2D eigenvalue weighted by molar-refractivity contribution is 0.0736. The van der Waals surface area contributed by atoms with Crippen molar-refractivity contribution < 1.29 is 9.18 Å². The zero-order chi connectivity index (χ0) is 13.2. The van der Waals surface area contributed by atoms with Gasteiger partial charge in [-0.3, -0.25) is 4.79 Å². The number of halogens is 1. The summed E-state index contributed by atoms with van der Waals surface area (Å²) in [6.07, 6.45) is 1.94. The molecule has 2 aromatic rings. The average molecular weight is 275 g/mol. The number of thiophene rings is 1. The summed E-state index contributed by atoms with van der Waals surface area (Å²) in [6, 6.07) is 8.40. The summed E-state index contributed by atoms with van der Waals surface area (Å²) in [5, 5.41) is 3.79. The summed E-state index contributed by atoms with van der Waals surface area (Å²) >= 11 is 1.53.